The lowest BCUT2D eigenvalue weighted by atomic mass is 10.1. The highest BCUT2D eigenvalue weighted by Crippen LogP contribution is 2.19. The molecule has 3 aromatic rings. The second-order valence-electron chi connectivity index (χ2n) is 3.35. The van der Waals surface area contributed by atoms with Crippen LogP contribution < -0.4 is 0 Å². The molecule has 0 aliphatic carbocycles. The predicted molar refractivity (Wildman–Crippen MR) is 57.2 cm³/mol. The molecule has 0 unspecified atom stereocenters. The van der Waals surface area contributed by atoms with E-state index in [1.807, 2.05) is 18.3 Å². The number of nitrogens with zero attached hydrogens (tertiary/aromatic N) is 2. The molecule has 2 nitrogen and oxygen atoms in total. The van der Waals surface area contributed by atoms with Crippen LogP contribution in [0.2, 0.25) is 0 Å². The number of para-hydroxylation sites is 1. The summed E-state index contributed by atoms with van der Waals surface area (Å²) in [6.45, 7) is 3.99. The topological polar surface area (TPSA) is 17.3 Å². The number of hydrogen-bond donors (Lipinski definition) is 0. The Labute approximate surface area is 81.8 Å². The number of aromatic nitrogens is 2. The van der Waals surface area contributed by atoms with E-state index in [-0.39, 0.29) is 0 Å². The molecule has 0 spiro atoms. The van der Waals surface area contributed by atoms with Crippen molar-refractivity contribution >= 4 is 16.6 Å². The first-order valence-corrected chi connectivity index (χ1v) is 4.53. The van der Waals surface area contributed by atoms with Gasteiger partial charge in [-0.25, -0.2) is 4.98 Å². The standard InChI is InChI=1S/C12H9N2/c1-9-8-10-4-2-3-5-11(10)14-7-6-13-12(9)14/h2-8H,1H2. The number of imidazole rings is 1. The Bertz CT molecular complexity index is 608. The van der Waals surface area contributed by atoms with Gasteiger partial charge in [0.15, 0.2) is 0 Å². The van der Waals surface area contributed by atoms with Crippen LogP contribution in [0.5, 0.6) is 0 Å². The van der Waals surface area contributed by atoms with Crippen molar-refractivity contribution < 1.29 is 0 Å². The fourth-order valence-corrected chi connectivity index (χ4v) is 1.82. The van der Waals surface area contributed by atoms with Crippen LogP contribution >= 0.6 is 0 Å². The maximum absolute atomic E-state index is 4.27. The minimum absolute atomic E-state index is 0.934. The molecule has 0 aliphatic rings. The molecule has 67 valence electrons. The third-order valence-electron chi connectivity index (χ3n) is 2.45. The first-order chi connectivity index (χ1) is 6.86. The maximum atomic E-state index is 4.27. The molecule has 2 heterocycles. The number of hydrogen-bond acceptors (Lipinski definition) is 1. The van der Waals surface area contributed by atoms with E-state index in [0.29, 0.717) is 0 Å². The summed E-state index contributed by atoms with van der Waals surface area (Å²) in [5, 5.41) is 1.20. The van der Waals surface area contributed by atoms with Gasteiger partial charge in [0.1, 0.15) is 5.65 Å². The van der Waals surface area contributed by atoms with Crippen LogP contribution in [-0.4, -0.2) is 9.38 Å². The Morgan fingerprint density at radius 2 is 2.07 bits per heavy atom. The Hall–Kier alpha value is -1.83. The summed E-state index contributed by atoms with van der Waals surface area (Å²) < 4.78 is 2.07. The highest BCUT2D eigenvalue weighted by molar-refractivity contribution is 5.83. The van der Waals surface area contributed by atoms with Gasteiger partial charge in [0.2, 0.25) is 0 Å². The van der Waals surface area contributed by atoms with E-state index in [9.17, 15) is 0 Å². The molecule has 14 heavy (non-hydrogen) atoms. The normalized spacial score (nSPS) is 11.2. The molecule has 0 saturated carbocycles. The van der Waals surface area contributed by atoms with Crippen molar-refractivity contribution in [2.45, 2.75) is 0 Å². The molecule has 3 rings (SSSR count). The third-order valence-corrected chi connectivity index (χ3v) is 2.45. The van der Waals surface area contributed by atoms with Gasteiger partial charge in [0.25, 0.3) is 0 Å². The number of benzene rings is 1. The van der Waals surface area contributed by atoms with E-state index in [2.05, 4.69) is 34.5 Å². The van der Waals surface area contributed by atoms with Gasteiger partial charge in [-0.1, -0.05) is 18.2 Å². The van der Waals surface area contributed by atoms with Gasteiger partial charge in [0, 0.05) is 12.4 Å². The van der Waals surface area contributed by atoms with Crippen LogP contribution in [0.25, 0.3) is 16.6 Å². The van der Waals surface area contributed by atoms with Crippen molar-refractivity contribution in [2.75, 3.05) is 0 Å². The van der Waals surface area contributed by atoms with Crippen molar-refractivity contribution in [1.29, 1.82) is 0 Å². The SMILES string of the molecule is [CH2]c1cc2ccccc2n2ccnc12. The van der Waals surface area contributed by atoms with E-state index < -0.39 is 0 Å². The zero-order valence-electron chi connectivity index (χ0n) is 7.64. The van der Waals surface area contributed by atoms with Crippen molar-refractivity contribution in [1.82, 2.24) is 9.38 Å². The van der Waals surface area contributed by atoms with Crippen LogP contribution in [0, 0.1) is 6.92 Å². The van der Waals surface area contributed by atoms with Crippen LogP contribution in [0.15, 0.2) is 42.7 Å². The van der Waals surface area contributed by atoms with Crippen molar-refractivity contribution in [2.24, 2.45) is 0 Å². The molecule has 1 radical (unpaired) electrons. The molecule has 1 aromatic carbocycles. The van der Waals surface area contributed by atoms with Crippen molar-refractivity contribution in [3.05, 3.63) is 55.2 Å². The average Bonchev–Trinajstić information content (AvgIpc) is 2.67. The maximum Gasteiger partial charge on any atom is 0.140 e. The molecular weight excluding hydrogens is 172 g/mol. The quantitative estimate of drug-likeness (QED) is 0.521. The molecule has 2 aromatic heterocycles. The molecular formula is C12H9N2. The van der Waals surface area contributed by atoms with Gasteiger partial charge in [-0.3, -0.25) is 4.40 Å². The van der Waals surface area contributed by atoms with Crippen LogP contribution in [0.3, 0.4) is 0 Å². The summed E-state index contributed by atoms with van der Waals surface area (Å²) in [6, 6.07) is 10.3. The van der Waals surface area contributed by atoms with E-state index in [4.69, 9.17) is 0 Å². The van der Waals surface area contributed by atoms with E-state index in [0.717, 1.165) is 11.2 Å². The molecule has 2 heteroatoms. The highest BCUT2D eigenvalue weighted by atomic mass is 15.0. The molecule has 0 N–H and O–H groups in total. The zero-order chi connectivity index (χ0) is 9.54. The number of fused-ring (bicyclic) bond motifs is 3. The van der Waals surface area contributed by atoms with E-state index in [1.165, 1.54) is 10.9 Å². The predicted octanol–water partition coefficient (Wildman–Crippen LogP) is 2.67. The van der Waals surface area contributed by atoms with Crippen molar-refractivity contribution in [3.63, 3.8) is 0 Å². The van der Waals surface area contributed by atoms with Gasteiger partial charge >= 0.3 is 0 Å². The summed E-state index contributed by atoms with van der Waals surface area (Å²) in [4.78, 5) is 4.27. The Morgan fingerprint density at radius 1 is 1.21 bits per heavy atom. The summed E-state index contributed by atoms with van der Waals surface area (Å²) in [6.07, 6.45) is 3.77. The summed E-state index contributed by atoms with van der Waals surface area (Å²) >= 11 is 0. The van der Waals surface area contributed by atoms with Gasteiger partial charge in [0.05, 0.1) is 5.52 Å². The molecule has 0 saturated heterocycles. The van der Waals surface area contributed by atoms with Gasteiger partial charge in [-0.15, -0.1) is 0 Å². The largest absolute Gasteiger partial charge is 0.299 e. The number of pyridine rings is 1. The van der Waals surface area contributed by atoms with E-state index in [1.54, 1.807) is 6.20 Å². The average molecular weight is 181 g/mol. The van der Waals surface area contributed by atoms with Crippen molar-refractivity contribution in [3.8, 4) is 0 Å². The Balaban J connectivity index is 2.66. The molecule has 0 fully saturated rings. The molecule has 0 amide bonds. The molecule has 0 atom stereocenters. The van der Waals surface area contributed by atoms with Crippen LogP contribution in [0.4, 0.5) is 0 Å². The fourth-order valence-electron chi connectivity index (χ4n) is 1.82. The van der Waals surface area contributed by atoms with Crippen LogP contribution in [0.1, 0.15) is 5.56 Å². The number of rotatable bonds is 0. The zero-order valence-corrected chi connectivity index (χ0v) is 7.64. The first-order valence-electron chi connectivity index (χ1n) is 4.53. The molecule has 0 aliphatic heterocycles. The van der Waals surface area contributed by atoms with Crippen LogP contribution in [-0.2, 0) is 0 Å². The Kier molecular flexibility index (Phi) is 1.39. The lowest BCUT2D eigenvalue weighted by Gasteiger charge is -2.03. The van der Waals surface area contributed by atoms with Gasteiger partial charge in [-0.05, 0) is 30.0 Å². The fraction of sp³-hybridized carbons (Fsp3) is 0. The second-order valence-corrected chi connectivity index (χ2v) is 3.35. The second kappa shape index (κ2) is 2.58. The van der Waals surface area contributed by atoms with Gasteiger partial charge in [-0.2, -0.15) is 0 Å². The lowest BCUT2D eigenvalue weighted by Crippen LogP contribution is -1.89. The molecule has 0 bridgehead atoms. The van der Waals surface area contributed by atoms with E-state index >= 15 is 0 Å². The first kappa shape index (κ1) is 7.56. The summed E-state index contributed by atoms with van der Waals surface area (Å²) in [5.41, 5.74) is 3.07. The summed E-state index contributed by atoms with van der Waals surface area (Å²) in [5.74, 6) is 0. The minimum Gasteiger partial charge on any atom is -0.299 e. The van der Waals surface area contributed by atoms with Gasteiger partial charge < -0.3 is 0 Å². The summed E-state index contributed by atoms with van der Waals surface area (Å²) in [7, 11) is 0. The minimum atomic E-state index is 0.934. The monoisotopic (exact) mass is 181 g/mol. The Morgan fingerprint density at radius 3 is 3.00 bits per heavy atom. The smallest absolute Gasteiger partial charge is 0.140 e. The third kappa shape index (κ3) is 0.880. The lowest BCUT2D eigenvalue weighted by molar-refractivity contribution is 1.24. The highest BCUT2D eigenvalue weighted by Gasteiger charge is 2.02.